The van der Waals surface area contributed by atoms with Gasteiger partial charge in [0.05, 0.1) is 13.2 Å². The average Bonchev–Trinajstić information content (AvgIpc) is 2.70. The van der Waals surface area contributed by atoms with Crippen molar-refractivity contribution in [3.63, 3.8) is 0 Å². The van der Waals surface area contributed by atoms with Crippen LogP contribution in [0.2, 0.25) is 10.0 Å². The van der Waals surface area contributed by atoms with Gasteiger partial charge in [0, 0.05) is 27.7 Å². The quantitative estimate of drug-likeness (QED) is 0.465. The zero-order valence-electron chi connectivity index (χ0n) is 14.8. The van der Waals surface area contributed by atoms with Crippen LogP contribution in [0, 0.1) is 0 Å². The number of carbonyl (C=O) groups excluding carboxylic acids is 1. The van der Waals surface area contributed by atoms with Gasteiger partial charge >= 0.3 is 0 Å². The molecule has 0 aromatic heterocycles. The third-order valence-electron chi connectivity index (χ3n) is 4.26. The standard InChI is InChI=1S/C22H19Cl2NO2/c1-27-20-12-4-16(5-13-20)22(26)14-21(15-2-6-17(23)7-3-15)25-19-10-8-18(24)9-11-19/h2-13,21,25H,14H2,1H3/t21-/m0/s1. The highest BCUT2D eigenvalue weighted by atomic mass is 35.5. The number of Topliss-reactive ketones (excluding diaryl/α,β-unsaturated/α-hetero) is 1. The first-order valence-electron chi connectivity index (χ1n) is 8.50. The van der Waals surface area contributed by atoms with Crippen molar-refractivity contribution >= 4 is 34.7 Å². The Morgan fingerprint density at radius 1 is 0.889 bits per heavy atom. The zero-order valence-corrected chi connectivity index (χ0v) is 16.3. The topological polar surface area (TPSA) is 38.3 Å². The molecule has 0 amide bonds. The van der Waals surface area contributed by atoms with Crippen molar-refractivity contribution in [1.82, 2.24) is 0 Å². The van der Waals surface area contributed by atoms with Gasteiger partial charge in [0.15, 0.2) is 5.78 Å². The highest BCUT2D eigenvalue weighted by Crippen LogP contribution is 2.27. The van der Waals surface area contributed by atoms with E-state index in [1.807, 2.05) is 48.5 Å². The minimum absolute atomic E-state index is 0.0408. The van der Waals surface area contributed by atoms with Crippen LogP contribution in [-0.2, 0) is 0 Å². The maximum absolute atomic E-state index is 12.8. The number of halogens is 2. The van der Waals surface area contributed by atoms with Crippen molar-refractivity contribution in [1.29, 1.82) is 0 Å². The lowest BCUT2D eigenvalue weighted by molar-refractivity contribution is 0.0976. The first kappa shape index (κ1) is 19.3. The number of ketones is 1. The minimum Gasteiger partial charge on any atom is -0.497 e. The summed E-state index contributed by atoms with van der Waals surface area (Å²) >= 11 is 12.0. The van der Waals surface area contributed by atoms with E-state index in [0.717, 1.165) is 17.0 Å². The lowest BCUT2D eigenvalue weighted by atomic mass is 9.97. The summed E-state index contributed by atoms with van der Waals surface area (Å²) in [7, 11) is 1.60. The Morgan fingerprint density at radius 2 is 1.44 bits per heavy atom. The first-order valence-corrected chi connectivity index (χ1v) is 9.25. The van der Waals surface area contributed by atoms with Crippen LogP contribution in [0.3, 0.4) is 0 Å². The number of hydrogen-bond donors (Lipinski definition) is 1. The SMILES string of the molecule is COc1ccc(C(=O)C[C@H](Nc2ccc(Cl)cc2)c2ccc(Cl)cc2)cc1. The van der Waals surface area contributed by atoms with Gasteiger partial charge in [-0.2, -0.15) is 0 Å². The summed E-state index contributed by atoms with van der Waals surface area (Å²) in [4.78, 5) is 12.8. The van der Waals surface area contributed by atoms with Gasteiger partial charge in [-0.25, -0.2) is 0 Å². The molecule has 3 rings (SSSR count). The molecule has 0 radical (unpaired) electrons. The summed E-state index contributed by atoms with van der Waals surface area (Å²) in [6.45, 7) is 0. The molecule has 0 saturated carbocycles. The van der Waals surface area contributed by atoms with Crippen LogP contribution in [0.25, 0.3) is 0 Å². The Bertz CT molecular complexity index is 891. The van der Waals surface area contributed by atoms with Gasteiger partial charge in [-0.15, -0.1) is 0 Å². The second-order valence-electron chi connectivity index (χ2n) is 6.11. The Hall–Kier alpha value is -2.49. The van der Waals surface area contributed by atoms with Crippen LogP contribution in [0.4, 0.5) is 5.69 Å². The van der Waals surface area contributed by atoms with E-state index < -0.39 is 0 Å². The number of nitrogens with one attached hydrogen (secondary N) is 1. The third kappa shape index (κ3) is 5.25. The Kier molecular flexibility index (Phi) is 6.38. The van der Waals surface area contributed by atoms with Crippen LogP contribution in [0.5, 0.6) is 5.75 Å². The molecule has 0 aliphatic carbocycles. The van der Waals surface area contributed by atoms with Crippen LogP contribution in [0.15, 0.2) is 72.8 Å². The van der Waals surface area contributed by atoms with E-state index >= 15 is 0 Å². The van der Waals surface area contributed by atoms with E-state index in [2.05, 4.69) is 5.32 Å². The molecule has 3 aromatic rings. The molecular weight excluding hydrogens is 381 g/mol. The van der Waals surface area contributed by atoms with Gasteiger partial charge < -0.3 is 10.1 Å². The van der Waals surface area contributed by atoms with Crippen molar-refractivity contribution in [2.24, 2.45) is 0 Å². The van der Waals surface area contributed by atoms with E-state index in [1.54, 1.807) is 31.4 Å². The molecule has 27 heavy (non-hydrogen) atoms. The number of methoxy groups -OCH3 is 1. The monoisotopic (exact) mass is 399 g/mol. The summed E-state index contributed by atoms with van der Waals surface area (Å²) in [5, 5.41) is 4.74. The molecular formula is C22H19Cl2NO2. The molecule has 5 heteroatoms. The fourth-order valence-electron chi connectivity index (χ4n) is 2.77. The fraction of sp³-hybridized carbons (Fsp3) is 0.136. The van der Waals surface area contributed by atoms with E-state index in [1.165, 1.54) is 0 Å². The smallest absolute Gasteiger partial charge is 0.165 e. The van der Waals surface area contributed by atoms with Crippen LogP contribution < -0.4 is 10.1 Å². The third-order valence-corrected chi connectivity index (χ3v) is 4.76. The number of benzene rings is 3. The predicted molar refractivity (Wildman–Crippen MR) is 111 cm³/mol. The number of anilines is 1. The lowest BCUT2D eigenvalue weighted by Crippen LogP contribution is -2.15. The van der Waals surface area contributed by atoms with Crippen molar-refractivity contribution in [3.8, 4) is 5.75 Å². The second-order valence-corrected chi connectivity index (χ2v) is 6.98. The summed E-state index contributed by atoms with van der Waals surface area (Å²) in [5.74, 6) is 0.763. The van der Waals surface area contributed by atoms with Gasteiger partial charge in [-0.1, -0.05) is 35.3 Å². The van der Waals surface area contributed by atoms with Crippen molar-refractivity contribution < 1.29 is 9.53 Å². The molecule has 0 aliphatic rings. The Labute approximate surface area is 168 Å². The van der Waals surface area contributed by atoms with Gasteiger partial charge in [-0.05, 0) is 66.2 Å². The minimum atomic E-state index is -0.196. The van der Waals surface area contributed by atoms with Gasteiger partial charge in [0.2, 0.25) is 0 Å². The Morgan fingerprint density at radius 3 is 2.00 bits per heavy atom. The van der Waals surface area contributed by atoms with E-state index in [9.17, 15) is 4.79 Å². The highest BCUT2D eigenvalue weighted by Gasteiger charge is 2.17. The maximum atomic E-state index is 12.8. The molecule has 0 unspecified atom stereocenters. The Balaban J connectivity index is 1.82. The molecule has 3 nitrogen and oxygen atoms in total. The number of hydrogen-bond acceptors (Lipinski definition) is 3. The molecule has 0 spiro atoms. The number of rotatable bonds is 7. The van der Waals surface area contributed by atoms with Gasteiger partial charge in [-0.3, -0.25) is 4.79 Å². The normalized spacial score (nSPS) is 11.7. The molecule has 1 atom stereocenters. The average molecular weight is 400 g/mol. The van der Waals surface area contributed by atoms with E-state index in [-0.39, 0.29) is 11.8 Å². The number of carbonyl (C=O) groups is 1. The maximum Gasteiger partial charge on any atom is 0.165 e. The lowest BCUT2D eigenvalue weighted by Gasteiger charge is -2.20. The molecule has 0 heterocycles. The summed E-state index contributed by atoms with van der Waals surface area (Å²) in [5.41, 5.74) is 2.52. The van der Waals surface area contributed by atoms with Crippen LogP contribution in [0.1, 0.15) is 28.4 Å². The molecule has 0 bridgehead atoms. The molecule has 0 fully saturated rings. The molecule has 0 aliphatic heterocycles. The molecule has 138 valence electrons. The van der Waals surface area contributed by atoms with Crippen LogP contribution in [-0.4, -0.2) is 12.9 Å². The second kappa shape index (κ2) is 8.94. The van der Waals surface area contributed by atoms with E-state index in [0.29, 0.717) is 22.0 Å². The van der Waals surface area contributed by atoms with Gasteiger partial charge in [0.25, 0.3) is 0 Å². The zero-order chi connectivity index (χ0) is 19.2. The van der Waals surface area contributed by atoms with Gasteiger partial charge in [0.1, 0.15) is 5.75 Å². The van der Waals surface area contributed by atoms with E-state index in [4.69, 9.17) is 27.9 Å². The number of ether oxygens (including phenoxy) is 1. The summed E-state index contributed by atoms with van der Waals surface area (Å²) in [6.07, 6.45) is 0.302. The fourth-order valence-corrected chi connectivity index (χ4v) is 3.03. The van der Waals surface area contributed by atoms with Crippen molar-refractivity contribution in [3.05, 3.63) is 94.0 Å². The van der Waals surface area contributed by atoms with Crippen molar-refractivity contribution in [2.75, 3.05) is 12.4 Å². The predicted octanol–water partition coefficient (Wildman–Crippen LogP) is 6.43. The highest BCUT2D eigenvalue weighted by molar-refractivity contribution is 6.30. The molecule has 1 N–H and O–H groups in total. The van der Waals surface area contributed by atoms with Crippen molar-refractivity contribution in [2.45, 2.75) is 12.5 Å². The first-order chi connectivity index (χ1) is 13.0. The summed E-state index contributed by atoms with van der Waals surface area (Å²) < 4.78 is 5.15. The molecule has 0 saturated heterocycles. The van der Waals surface area contributed by atoms with Crippen LogP contribution >= 0.6 is 23.2 Å². The summed E-state index contributed by atoms with van der Waals surface area (Å²) in [6, 6.07) is 21.9. The largest absolute Gasteiger partial charge is 0.497 e. The molecule has 3 aromatic carbocycles.